The van der Waals surface area contributed by atoms with Crippen LogP contribution in [0.2, 0.25) is 0 Å². The number of halogens is 2. The number of benzene rings is 6. The van der Waals surface area contributed by atoms with Crippen molar-refractivity contribution in [3.05, 3.63) is 168 Å². The second-order valence-electron chi connectivity index (χ2n) is 14.5. The largest absolute Gasteiger partial charge is 0.313 e. The summed E-state index contributed by atoms with van der Waals surface area (Å²) in [5, 5.41) is 2.14. The number of nitrogens with zero attached hydrogens (tertiary/aromatic N) is 2. The summed E-state index contributed by atoms with van der Waals surface area (Å²) >= 11 is 0. The Hall–Kier alpha value is -5.74. The second kappa shape index (κ2) is 12.5. The first kappa shape index (κ1) is 31.0. The van der Waals surface area contributed by atoms with E-state index < -0.39 is 0 Å². The molecule has 2 nitrogen and oxygen atoms in total. The van der Waals surface area contributed by atoms with Crippen molar-refractivity contribution in [1.29, 1.82) is 0 Å². The fraction of sp³-hybridized carbons (Fsp3) is 0.167. The highest BCUT2D eigenvalue weighted by Gasteiger charge is 2.25. The molecule has 52 heavy (non-hydrogen) atoms. The van der Waals surface area contributed by atoms with Crippen LogP contribution < -0.4 is 0 Å². The highest BCUT2D eigenvalue weighted by atomic mass is 19.1. The fourth-order valence-corrected chi connectivity index (χ4v) is 9.03. The quantitative estimate of drug-likeness (QED) is 0.171. The monoisotopic (exact) mass is 680 g/mol. The SMILES string of the molecule is Fc1ccc2c(c1)c1c(n2-c2cc(-c3cc(-c4ccccc4)cc(-c4ccccc4)c3)cc(-n3c4c(c5ccc(F)cc53)CCCC4)c2)CCCC1. The van der Waals surface area contributed by atoms with E-state index in [0.29, 0.717) is 0 Å². The molecule has 10 rings (SSSR count). The Kier molecular flexibility index (Phi) is 7.45. The smallest absolute Gasteiger partial charge is 0.125 e. The van der Waals surface area contributed by atoms with Gasteiger partial charge in [-0.1, -0.05) is 60.7 Å². The standard InChI is InChI=1S/C48H38F2N2/c49-37-20-22-47-44(28-37)42-16-8-10-18-46(42)51(47)39-26-36(27-40(30-39)52-45-17-9-7-15-41(45)43-21-19-38(50)29-48(43)52)35-24-33(31-11-3-1-4-12-31)23-34(25-35)32-13-5-2-6-14-32/h1-6,11-14,19-30H,7-10,15-18H2. The first-order valence-corrected chi connectivity index (χ1v) is 18.6. The van der Waals surface area contributed by atoms with Gasteiger partial charge in [-0.25, -0.2) is 8.78 Å². The van der Waals surface area contributed by atoms with Gasteiger partial charge in [0.1, 0.15) is 11.6 Å². The first-order chi connectivity index (χ1) is 25.6. The van der Waals surface area contributed by atoms with Crippen molar-refractivity contribution < 1.29 is 8.78 Å². The third kappa shape index (κ3) is 5.20. The molecule has 0 N–H and O–H groups in total. The third-order valence-electron chi connectivity index (χ3n) is 11.4. The molecule has 0 fully saturated rings. The van der Waals surface area contributed by atoms with Crippen LogP contribution in [0, 0.1) is 11.6 Å². The molecule has 2 heterocycles. The molecule has 254 valence electrons. The van der Waals surface area contributed by atoms with E-state index in [0.717, 1.165) is 118 Å². The van der Waals surface area contributed by atoms with E-state index in [2.05, 4.69) is 106 Å². The molecule has 0 bridgehead atoms. The van der Waals surface area contributed by atoms with Crippen LogP contribution in [-0.4, -0.2) is 9.13 Å². The van der Waals surface area contributed by atoms with Gasteiger partial charge in [0, 0.05) is 33.5 Å². The normalized spacial score (nSPS) is 14.1. The molecule has 0 saturated carbocycles. The first-order valence-electron chi connectivity index (χ1n) is 18.6. The molecule has 0 radical (unpaired) electrons. The Morgan fingerprint density at radius 2 is 0.846 bits per heavy atom. The molecule has 2 aliphatic carbocycles. The molecule has 0 unspecified atom stereocenters. The van der Waals surface area contributed by atoms with Crippen molar-refractivity contribution in [3.8, 4) is 44.8 Å². The average Bonchev–Trinajstić information content (AvgIpc) is 3.70. The van der Waals surface area contributed by atoms with E-state index in [-0.39, 0.29) is 11.6 Å². The summed E-state index contributed by atoms with van der Waals surface area (Å²) in [5.74, 6) is -0.429. The van der Waals surface area contributed by atoms with Crippen molar-refractivity contribution in [2.24, 2.45) is 0 Å². The summed E-state index contributed by atoms with van der Waals surface area (Å²) in [6.07, 6.45) is 8.30. The Morgan fingerprint density at radius 3 is 1.46 bits per heavy atom. The zero-order valence-corrected chi connectivity index (χ0v) is 29.0. The average molecular weight is 681 g/mol. The van der Waals surface area contributed by atoms with Crippen LogP contribution in [0.4, 0.5) is 8.78 Å². The molecule has 0 amide bonds. The summed E-state index contributed by atoms with van der Waals surface area (Å²) in [6, 6.07) is 45.4. The Labute approximate surface area is 302 Å². The van der Waals surface area contributed by atoms with E-state index in [1.807, 2.05) is 12.1 Å². The predicted molar refractivity (Wildman–Crippen MR) is 210 cm³/mol. The van der Waals surface area contributed by atoms with Gasteiger partial charge in [0.25, 0.3) is 0 Å². The van der Waals surface area contributed by atoms with Crippen molar-refractivity contribution in [1.82, 2.24) is 9.13 Å². The molecule has 2 aliphatic rings. The van der Waals surface area contributed by atoms with Crippen LogP contribution in [0.1, 0.15) is 48.2 Å². The summed E-state index contributed by atoms with van der Waals surface area (Å²) in [6.45, 7) is 0. The maximum atomic E-state index is 15.1. The van der Waals surface area contributed by atoms with Gasteiger partial charge in [0.15, 0.2) is 0 Å². The van der Waals surface area contributed by atoms with Crippen molar-refractivity contribution >= 4 is 21.8 Å². The van der Waals surface area contributed by atoms with Gasteiger partial charge < -0.3 is 9.13 Å². The van der Waals surface area contributed by atoms with Gasteiger partial charge in [-0.2, -0.15) is 0 Å². The lowest BCUT2D eigenvalue weighted by atomic mass is 9.92. The van der Waals surface area contributed by atoms with Gasteiger partial charge in [-0.05, 0) is 169 Å². The van der Waals surface area contributed by atoms with Crippen molar-refractivity contribution in [2.45, 2.75) is 51.4 Å². The van der Waals surface area contributed by atoms with Gasteiger partial charge in [-0.3, -0.25) is 0 Å². The van der Waals surface area contributed by atoms with Crippen molar-refractivity contribution in [2.75, 3.05) is 0 Å². The van der Waals surface area contributed by atoms with Crippen LogP contribution in [0.3, 0.4) is 0 Å². The number of aromatic nitrogens is 2. The second-order valence-corrected chi connectivity index (χ2v) is 14.5. The maximum Gasteiger partial charge on any atom is 0.125 e. The molecule has 4 heteroatoms. The van der Waals surface area contributed by atoms with E-state index in [1.165, 1.54) is 22.5 Å². The molecule has 2 aromatic heterocycles. The van der Waals surface area contributed by atoms with Crippen LogP contribution in [0.25, 0.3) is 66.6 Å². The number of rotatable bonds is 5. The molecule has 0 saturated heterocycles. The van der Waals surface area contributed by atoms with E-state index >= 15 is 4.39 Å². The number of fused-ring (bicyclic) bond motifs is 6. The summed E-state index contributed by atoms with van der Waals surface area (Å²) in [5.41, 5.74) is 16.0. The Balaban J connectivity index is 1.29. The predicted octanol–water partition coefficient (Wildman–Crippen LogP) is 12.6. The zero-order chi connectivity index (χ0) is 34.8. The van der Waals surface area contributed by atoms with Crippen LogP contribution in [0.5, 0.6) is 0 Å². The highest BCUT2D eigenvalue weighted by molar-refractivity contribution is 5.91. The van der Waals surface area contributed by atoms with Gasteiger partial charge in [0.2, 0.25) is 0 Å². The van der Waals surface area contributed by atoms with Crippen LogP contribution >= 0.6 is 0 Å². The Morgan fingerprint density at radius 1 is 0.365 bits per heavy atom. The summed E-state index contributed by atoms with van der Waals surface area (Å²) in [7, 11) is 0. The lowest BCUT2D eigenvalue weighted by molar-refractivity contribution is 0.628. The highest BCUT2D eigenvalue weighted by Crippen LogP contribution is 2.41. The van der Waals surface area contributed by atoms with Gasteiger partial charge in [-0.15, -0.1) is 0 Å². The van der Waals surface area contributed by atoms with Crippen LogP contribution in [-0.2, 0) is 25.7 Å². The molecule has 8 aromatic rings. The number of aryl methyl sites for hydroxylation is 2. The topological polar surface area (TPSA) is 9.86 Å². The molecule has 0 spiro atoms. The Bertz CT molecular complexity index is 2590. The van der Waals surface area contributed by atoms with E-state index in [9.17, 15) is 4.39 Å². The summed E-state index contributed by atoms with van der Waals surface area (Å²) < 4.78 is 34.6. The maximum absolute atomic E-state index is 15.1. The lowest BCUT2D eigenvalue weighted by Gasteiger charge is -2.21. The lowest BCUT2D eigenvalue weighted by Crippen LogP contribution is -2.09. The minimum atomic E-state index is -0.226. The fourth-order valence-electron chi connectivity index (χ4n) is 9.03. The number of hydrogen-bond acceptors (Lipinski definition) is 0. The summed E-state index contributed by atoms with van der Waals surface area (Å²) in [4.78, 5) is 0. The van der Waals surface area contributed by atoms with Gasteiger partial charge >= 0.3 is 0 Å². The molecule has 6 aromatic carbocycles. The molecular weight excluding hydrogens is 643 g/mol. The molecular formula is C48H38F2N2. The third-order valence-corrected chi connectivity index (χ3v) is 11.4. The molecule has 0 aliphatic heterocycles. The van der Waals surface area contributed by atoms with Crippen molar-refractivity contribution in [3.63, 3.8) is 0 Å². The van der Waals surface area contributed by atoms with Gasteiger partial charge in [0.05, 0.1) is 11.0 Å². The molecule has 0 atom stereocenters. The van der Waals surface area contributed by atoms with E-state index in [1.54, 1.807) is 24.3 Å². The van der Waals surface area contributed by atoms with E-state index in [4.69, 9.17) is 0 Å². The van der Waals surface area contributed by atoms with Crippen LogP contribution in [0.15, 0.2) is 133 Å². The minimum absolute atomic E-state index is 0.203. The number of hydrogen-bond donors (Lipinski definition) is 0. The zero-order valence-electron chi connectivity index (χ0n) is 29.0. The minimum Gasteiger partial charge on any atom is -0.313 e.